The van der Waals surface area contributed by atoms with Crippen molar-refractivity contribution in [3.8, 4) is 0 Å². The van der Waals surface area contributed by atoms with Gasteiger partial charge in [-0.3, -0.25) is 4.79 Å². The van der Waals surface area contributed by atoms with Crippen molar-refractivity contribution in [1.29, 1.82) is 0 Å². The van der Waals surface area contributed by atoms with Crippen LogP contribution in [0.25, 0.3) is 0 Å². The lowest BCUT2D eigenvalue weighted by Gasteiger charge is -2.14. The van der Waals surface area contributed by atoms with E-state index in [1.165, 1.54) is 11.8 Å². The van der Waals surface area contributed by atoms with Gasteiger partial charge in [0, 0.05) is 13.6 Å². The van der Waals surface area contributed by atoms with Crippen LogP contribution in [0.1, 0.15) is 26.7 Å². The van der Waals surface area contributed by atoms with Crippen LogP contribution in [0.5, 0.6) is 0 Å². The quantitative estimate of drug-likeness (QED) is 0.654. The van der Waals surface area contributed by atoms with E-state index >= 15 is 0 Å². The van der Waals surface area contributed by atoms with E-state index < -0.39 is 0 Å². The average molecular weight is 175 g/mol. The van der Waals surface area contributed by atoms with E-state index in [4.69, 9.17) is 0 Å². The summed E-state index contributed by atoms with van der Waals surface area (Å²) in [5, 5.41) is 0.195. The molecule has 0 aromatic carbocycles. The third-order valence-electron chi connectivity index (χ3n) is 1.43. The Morgan fingerprint density at radius 2 is 2.09 bits per heavy atom. The third kappa shape index (κ3) is 5.13. The Kier molecular flexibility index (Phi) is 6.42. The minimum atomic E-state index is 0.195. The van der Waals surface area contributed by atoms with Crippen molar-refractivity contribution in [3.05, 3.63) is 0 Å². The maximum Gasteiger partial charge on any atom is 0.281 e. The van der Waals surface area contributed by atoms with Crippen LogP contribution in [0, 0.1) is 0 Å². The van der Waals surface area contributed by atoms with Crippen molar-refractivity contribution >= 4 is 17.0 Å². The van der Waals surface area contributed by atoms with Crippen molar-refractivity contribution in [3.63, 3.8) is 0 Å². The van der Waals surface area contributed by atoms with E-state index in [1.54, 1.807) is 4.90 Å². The van der Waals surface area contributed by atoms with Gasteiger partial charge in [0.2, 0.25) is 0 Å². The van der Waals surface area contributed by atoms with Gasteiger partial charge in [-0.2, -0.15) is 0 Å². The van der Waals surface area contributed by atoms with Gasteiger partial charge >= 0.3 is 0 Å². The molecule has 0 radical (unpaired) electrons. The first-order valence-electron chi connectivity index (χ1n) is 4.10. The summed E-state index contributed by atoms with van der Waals surface area (Å²) in [6.45, 7) is 5.02. The van der Waals surface area contributed by atoms with E-state index in [0.717, 1.165) is 25.1 Å². The molecule has 1 amide bonds. The molecule has 0 heterocycles. The highest BCUT2D eigenvalue weighted by Gasteiger charge is 2.05. The Morgan fingerprint density at radius 3 is 2.55 bits per heavy atom. The summed E-state index contributed by atoms with van der Waals surface area (Å²) in [6, 6.07) is 0. The van der Waals surface area contributed by atoms with Crippen LogP contribution in [0.2, 0.25) is 0 Å². The number of unbranched alkanes of at least 4 members (excludes halogenated alkanes) is 1. The number of carbonyl (C=O) groups is 1. The third-order valence-corrected chi connectivity index (χ3v) is 2.27. The van der Waals surface area contributed by atoms with Crippen LogP contribution >= 0.6 is 11.8 Å². The van der Waals surface area contributed by atoms with Crippen LogP contribution in [0.4, 0.5) is 4.79 Å². The number of amides is 1. The summed E-state index contributed by atoms with van der Waals surface area (Å²) in [7, 11) is 1.86. The van der Waals surface area contributed by atoms with E-state index in [-0.39, 0.29) is 5.24 Å². The molecule has 0 aliphatic carbocycles. The van der Waals surface area contributed by atoms with Gasteiger partial charge in [0.15, 0.2) is 0 Å². The number of nitrogens with zero attached hydrogens (tertiary/aromatic N) is 1. The van der Waals surface area contributed by atoms with Gasteiger partial charge < -0.3 is 4.90 Å². The van der Waals surface area contributed by atoms with Gasteiger partial charge in [-0.25, -0.2) is 0 Å². The maximum absolute atomic E-state index is 11.1. The fourth-order valence-corrected chi connectivity index (χ4v) is 1.28. The molecule has 0 N–H and O–H groups in total. The van der Waals surface area contributed by atoms with Crippen LogP contribution in [-0.4, -0.2) is 29.5 Å². The molecule has 0 rings (SSSR count). The second-order valence-corrected chi connectivity index (χ2v) is 3.69. The first kappa shape index (κ1) is 10.8. The number of hydrogen-bond acceptors (Lipinski definition) is 2. The molecule has 0 saturated heterocycles. The zero-order valence-electron chi connectivity index (χ0n) is 7.59. The molecule has 2 nitrogen and oxygen atoms in total. The van der Waals surface area contributed by atoms with E-state index in [1.807, 2.05) is 14.0 Å². The summed E-state index contributed by atoms with van der Waals surface area (Å²) in [4.78, 5) is 12.9. The molecule has 0 bridgehead atoms. The molecular formula is C8H17NOS. The molecule has 0 spiro atoms. The second kappa shape index (κ2) is 6.53. The summed E-state index contributed by atoms with van der Waals surface area (Å²) in [6.07, 6.45) is 2.25. The van der Waals surface area contributed by atoms with E-state index in [9.17, 15) is 4.79 Å². The molecule has 3 heteroatoms. The normalized spacial score (nSPS) is 9.73. The average Bonchev–Trinajstić information content (AvgIpc) is 2.00. The minimum absolute atomic E-state index is 0.195. The molecule has 0 aliphatic rings. The Labute approximate surface area is 73.3 Å². The Bertz CT molecular complexity index is 117. The van der Waals surface area contributed by atoms with Gasteiger partial charge in [0.25, 0.3) is 5.24 Å². The molecule has 0 atom stereocenters. The summed E-state index contributed by atoms with van der Waals surface area (Å²) >= 11 is 1.38. The highest BCUT2D eigenvalue weighted by atomic mass is 32.2. The zero-order chi connectivity index (χ0) is 8.69. The molecule has 0 fully saturated rings. The Morgan fingerprint density at radius 1 is 1.45 bits per heavy atom. The zero-order valence-corrected chi connectivity index (χ0v) is 8.41. The number of rotatable bonds is 4. The maximum atomic E-state index is 11.1. The molecule has 0 aliphatic heterocycles. The van der Waals surface area contributed by atoms with Crippen molar-refractivity contribution in [1.82, 2.24) is 4.90 Å². The fraction of sp³-hybridized carbons (Fsp3) is 0.875. The first-order chi connectivity index (χ1) is 5.22. The molecule has 11 heavy (non-hydrogen) atoms. The van der Waals surface area contributed by atoms with Crippen molar-refractivity contribution in [2.45, 2.75) is 26.7 Å². The van der Waals surface area contributed by atoms with Gasteiger partial charge in [0.1, 0.15) is 0 Å². The lowest BCUT2D eigenvalue weighted by molar-refractivity contribution is 0.233. The van der Waals surface area contributed by atoms with E-state index in [2.05, 4.69) is 6.92 Å². The fourth-order valence-electron chi connectivity index (χ4n) is 0.720. The standard InChI is InChI=1S/C8H17NOS/c1-4-6-7-9(3)8(10)11-5-2/h4-7H2,1-3H3. The lowest BCUT2D eigenvalue weighted by Crippen LogP contribution is -2.23. The highest BCUT2D eigenvalue weighted by molar-refractivity contribution is 8.13. The monoisotopic (exact) mass is 175 g/mol. The Hall–Kier alpha value is -0.180. The predicted molar refractivity (Wildman–Crippen MR) is 51.1 cm³/mol. The second-order valence-electron chi connectivity index (χ2n) is 2.47. The molecule has 0 aromatic heterocycles. The van der Waals surface area contributed by atoms with Crippen molar-refractivity contribution in [2.24, 2.45) is 0 Å². The van der Waals surface area contributed by atoms with Crippen molar-refractivity contribution in [2.75, 3.05) is 19.3 Å². The van der Waals surface area contributed by atoms with Gasteiger partial charge in [-0.05, 0) is 12.2 Å². The largest absolute Gasteiger partial charge is 0.337 e. The van der Waals surface area contributed by atoms with Crippen LogP contribution in [-0.2, 0) is 0 Å². The molecule has 0 saturated carbocycles. The topological polar surface area (TPSA) is 20.3 Å². The number of carbonyl (C=O) groups excluding carboxylic acids is 1. The number of thioether (sulfide) groups is 1. The van der Waals surface area contributed by atoms with Crippen LogP contribution in [0.3, 0.4) is 0 Å². The Balaban J connectivity index is 3.46. The summed E-state index contributed by atoms with van der Waals surface area (Å²) in [5.41, 5.74) is 0. The lowest BCUT2D eigenvalue weighted by atomic mass is 10.3. The molecule has 66 valence electrons. The van der Waals surface area contributed by atoms with Gasteiger partial charge in [0.05, 0.1) is 0 Å². The van der Waals surface area contributed by atoms with Crippen LogP contribution < -0.4 is 0 Å². The SMILES string of the molecule is CCCCN(C)C(=O)SCC. The first-order valence-corrected chi connectivity index (χ1v) is 5.08. The highest BCUT2D eigenvalue weighted by Crippen LogP contribution is 2.06. The molecule has 0 aromatic rings. The smallest absolute Gasteiger partial charge is 0.281 e. The summed E-state index contributed by atoms with van der Waals surface area (Å²) < 4.78 is 0. The van der Waals surface area contributed by atoms with Crippen LogP contribution in [0.15, 0.2) is 0 Å². The summed E-state index contributed by atoms with van der Waals surface area (Å²) in [5.74, 6) is 0.870. The molecular weight excluding hydrogens is 158 g/mol. The van der Waals surface area contributed by atoms with E-state index in [0.29, 0.717) is 0 Å². The van der Waals surface area contributed by atoms with Gasteiger partial charge in [-0.15, -0.1) is 0 Å². The molecule has 0 unspecified atom stereocenters. The minimum Gasteiger partial charge on any atom is -0.337 e. The van der Waals surface area contributed by atoms with Crippen molar-refractivity contribution < 1.29 is 4.79 Å². The predicted octanol–water partition coefficient (Wildman–Crippen LogP) is 2.59. The number of hydrogen-bond donors (Lipinski definition) is 0. The van der Waals surface area contributed by atoms with Gasteiger partial charge in [-0.1, -0.05) is 32.0 Å².